The summed E-state index contributed by atoms with van der Waals surface area (Å²) in [5, 5.41) is 0. The summed E-state index contributed by atoms with van der Waals surface area (Å²) in [5.41, 5.74) is 5.89. The van der Waals surface area contributed by atoms with Crippen molar-refractivity contribution in [2.45, 2.75) is 52.0 Å². The van der Waals surface area contributed by atoms with E-state index in [1.165, 1.54) is 19.3 Å². The van der Waals surface area contributed by atoms with Gasteiger partial charge < -0.3 is 5.73 Å². The standard InChI is InChI=1S/C11H21NO/c1-8(9(2)13)6-10-4-3-5-11(12)7-10/h8,10-11H,3-7,12H2,1-2H3. The molecule has 2 nitrogen and oxygen atoms in total. The molecular weight excluding hydrogens is 162 g/mol. The van der Waals surface area contributed by atoms with E-state index in [2.05, 4.69) is 0 Å². The zero-order valence-corrected chi connectivity index (χ0v) is 8.75. The maximum absolute atomic E-state index is 11.1. The van der Waals surface area contributed by atoms with Crippen LogP contribution in [0.5, 0.6) is 0 Å². The number of rotatable bonds is 3. The Morgan fingerprint density at radius 3 is 2.77 bits per heavy atom. The molecule has 0 amide bonds. The highest BCUT2D eigenvalue weighted by molar-refractivity contribution is 5.77. The van der Waals surface area contributed by atoms with Gasteiger partial charge in [-0.1, -0.05) is 19.8 Å². The molecule has 13 heavy (non-hydrogen) atoms. The molecule has 0 aromatic rings. The van der Waals surface area contributed by atoms with Crippen LogP contribution in [-0.4, -0.2) is 11.8 Å². The van der Waals surface area contributed by atoms with Gasteiger partial charge in [-0.05, 0) is 32.1 Å². The topological polar surface area (TPSA) is 43.1 Å². The summed E-state index contributed by atoms with van der Waals surface area (Å²) < 4.78 is 0. The van der Waals surface area contributed by atoms with E-state index in [0.29, 0.717) is 17.7 Å². The zero-order valence-electron chi connectivity index (χ0n) is 8.75. The highest BCUT2D eigenvalue weighted by Gasteiger charge is 2.22. The summed E-state index contributed by atoms with van der Waals surface area (Å²) in [6, 6.07) is 0.387. The summed E-state index contributed by atoms with van der Waals surface area (Å²) in [6.07, 6.45) is 5.85. The van der Waals surface area contributed by atoms with Gasteiger partial charge in [-0.2, -0.15) is 0 Å². The van der Waals surface area contributed by atoms with Gasteiger partial charge in [-0.3, -0.25) is 4.79 Å². The number of hydrogen-bond donors (Lipinski definition) is 1. The predicted octanol–water partition coefficient (Wildman–Crippen LogP) is 2.12. The summed E-state index contributed by atoms with van der Waals surface area (Å²) in [5.74, 6) is 1.25. The van der Waals surface area contributed by atoms with Crippen molar-refractivity contribution in [2.24, 2.45) is 17.6 Å². The normalized spacial score (nSPS) is 31.3. The fourth-order valence-corrected chi connectivity index (χ4v) is 2.21. The molecule has 0 spiro atoms. The number of nitrogens with two attached hydrogens (primary N) is 1. The summed E-state index contributed by atoms with van der Waals surface area (Å²) in [6.45, 7) is 3.72. The number of carbonyl (C=O) groups is 1. The van der Waals surface area contributed by atoms with Crippen LogP contribution in [0.2, 0.25) is 0 Å². The van der Waals surface area contributed by atoms with Crippen molar-refractivity contribution >= 4 is 5.78 Å². The molecule has 0 aromatic carbocycles. The Kier molecular flexibility index (Phi) is 3.91. The fourth-order valence-electron chi connectivity index (χ4n) is 2.21. The number of carbonyl (C=O) groups excluding carboxylic acids is 1. The van der Waals surface area contributed by atoms with Crippen LogP contribution in [0.3, 0.4) is 0 Å². The van der Waals surface area contributed by atoms with Gasteiger partial charge in [-0.25, -0.2) is 0 Å². The second-order valence-electron chi connectivity index (χ2n) is 4.54. The first-order valence-corrected chi connectivity index (χ1v) is 5.35. The van der Waals surface area contributed by atoms with Crippen molar-refractivity contribution in [2.75, 3.05) is 0 Å². The number of hydrogen-bond acceptors (Lipinski definition) is 2. The molecule has 1 fully saturated rings. The molecule has 1 saturated carbocycles. The molecule has 2 N–H and O–H groups in total. The summed E-state index contributed by atoms with van der Waals surface area (Å²) in [4.78, 5) is 11.1. The van der Waals surface area contributed by atoms with Crippen LogP contribution in [0.1, 0.15) is 46.0 Å². The van der Waals surface area contributed by atoms with Gasteiger partial charge in [0.05, 0.1) is 0 Å². The van der Waals surface area contributed by atoms with Gasteiger partial charge in [0.25, 0.3) is 0 Å². The van der Waals surface area contributed by atoms with Gasteiger partial charge in [0.15, 0.2) is 0 Å². The minimum atomic E-state index is 0.232. The van der Waals surface area contributed by atoms with Crippen LogP contribution in [-0.2, 0) is 4.79 Å². The Morgan fingerprint density at radius 1 is 1.54 bits per heavy atom. The minimum absolute atomic E-state index is 0.232. The Hall–Kier alpha value is -0.370. The first-order chi connectivity index (χ1) is 6.09. The molecule has 0 radical (unpaired) electrons. The van der Waals surface area contributed by atoms with Gasteiger partial charge >= 0.3 is 0 Å². The zero-order chi connectivity index (χ0) is 9.84. The fraction of sp³-hybridized carbons (Fsp3) is 0.909. The van der Waals surface area contributed by atoms with Gasteiger partial charge in [0.1, 0.15) is 5.78 Å². The Morgan fingerprint density at radius 2 is 2.23 bits per heavy atom. The molecule has 0 bridgehead atoms. The predicted molar refractivity (Wildman–Crippen MR) is 54.4 cm³/mol. The molecule has 0 aliphatic heterocycles. The second-order valence-corrected chi connectivity index (χ2v) is 4.54. The minimum Gasteiger partial charge on any atom is -0.328 e. The van der Waals surface area contributed by atoms with E-state index in [0.717, 1.165) is 12.8 Å². The van der Waals surface area contributed by atoms with Crippen molar-refractivity contribution in [3.63, 3.8) is 0 Å². The first-order valence-electron chi connectivity index (χ1n) is 5.35. The van der Waals surface area contributed by atoms with Crippen molar-refractivity contribution in [3.8, 4) is 0 Å². The highest BCUT2D eigenvalue weighted by atomic mass is 16.1. The van der Waals surface area contributed by atoms with Gasteiger partial charge in [0, 0.05) is 12.0 Å². The van der Waals surface area contributed by atoms with E-state index in [4.69, 9.17) is 5.73 Å². The van der Waals surface area contributed by atoms with Crippen molar-refractivity contribution in [1.29, 1.82) is 0 Å². The number of ketones is 1. The molecule has 0 aromatic heterocycles. The van der Waals surface area contributed by atoms with E-state index in [9.17, 15) is 4.79 Å². The van der Waals surface area contributed by atoms with E-state index in [1.54, 1.807) is 6.92 Å². The number of Topliss-reactive ketones (excluding diaryl/α,β-unsaturated/α-hetero) is 1. The van der Waals surface area contributed by atoms with E-state index < -0.39 is 0 Å². The van der Waals surface area contributed by atoms with E-state index in [-0.39, 0.29) is 5.92 Å². The van der Waals surface area contributed by atoms with Crippen LogP contribution < -0.4 is 5.73 Å². The molecule has 0 heterocycles. The average molecular weight is 183 g/mol. The maximum Gasteiger partial charge on any atom is 0.132 e. The van der Waals surface area contributed by atoms with Crippen LogP contribution in [0.4, 0.5) is 0 Å². The monoisotopic (exact) mass is 183 g/mol. The Bertz CT molecular complexity index is 179. The first kappa shape index (κ1) is 10.7. The average Bonchev–Trinajstić information content (AvgIpc) is 2.04. The smallest absolute Gasteiger partial charge is 0.132 e. The third kappa shape index (κ3) is 3.47. The van der Waals surface area contributed by atoms with Gasteiger partial charge in [-0.15, -0.1) is 0 Å². The molecule has 3 unspecified atom stereocenters. The summed E-state index contributed by atoms with van der Waals surface area (Å²) >= 11 is 0. The quantitative estimate of drug-likeness (QED) is 0.728. The van der Waals surface area contributed by atoms with Crippen LogP contribution in [0, 0.1) is 11.8 Å². The maximum atomic E-state index is 11.1. The van der Waals surface area contributed by atoms with Crippen LogP contribution >= 0.6 is 0 Å². The van der Waals surface area contributed by atoms with Crippen LogP contribution in [0.25, 0.3) is 0 Å². The highest BCUT2D eigenvalue weighted by Crippen LogP contribution is 2.28. The van der Waals surface area contributed by atoms with Gasteiger partial charge in [0.2, 0.25) is 0 Å². The van der Waals surface area contributed by atoms with E-state index >= 15 is 0 Å². The lowest BCUT2D eigenvalue weighted by Crippen LogP contribution is -2.29. The molecule has 1 aliphatic carbocycles. The third-order valence-electron chi connectivity index (χ3n) is 3.20. The largest absolute Gasteiger partial charge is 0.328 e. The Labute approximate surface area is 80.9 Å². The SMILES string of the molecule is CC(=O)C(C)CC1CCCC(N)C1. The lowest BCUT2D eigenvalue weighted by molar-refractivity contribution is -0.120. The van der Waals surface area contributed by atoms with Crippen molar-refractivity contribution < 1.29 is 4.79 Å². The lowest BCUT2D eigenvalue weighted by atomic mass is 9.80. The molecular formula is C11H21NO. The molecule has 0 saturated heterocycles. The molecule has 2 heteroatoms. The third-order valence-corrected chi connectivity index (χ3v) is 3.20. The second kappa shape index (κ2) is 4.75. The Balaban J connectivity index is 2.31. The lowest BCUT2D eigenvalue weighted by Gasteiger charge is -2.27. The molecule has 3 atom stereocenters. The van der Waals surface area contributed by atoms with E-state index in [1.807, 2.05) is 6.92 Å². The summed E-state index contributed by atoms with van der Waals surface area (Å²) in [7, 11) is 0. The van der Waals surface area contributed by atoms with Crippen molar-refractivity contribution in [3.05, 3.63) is 0 Å². The molecule has 1 rings (SSSR count). The molecule has 1 aliphatic rings. The van der Waals surface area contributed by atoms with Crippen molar-refractivity contribution in [1.82, 2.24) is 0 Å². The molecule has 76 valence electrons. The van der Waals surface area contributed by atoms with Crippen LogP contribution in [0.15, 0.2) is 0 Å².